The Bertz CT molecular complexity index is 685. The van der Waals surface area contributed by atoms with Gasteiger partial charge in [0.25, 0.3) is 0 Å². The number of nitrogens with zero attached hydrogens (tertiary/aromatic N) is 1. The molecule has 0 radical (unpaired) electrons. The highest BCUT2D eigenvalue weighted by molar-refractivity contribution is 5.72. The van der Waals surface area contributed by atoms with Crippen LogP contribution in [0.1, 0.15) is 24.0 Å². The van der Waals surface area contributed by atoms with Crippen LogP contribution >= 0.6 is 0 Å². The zero-order valence-electron chi connectivity index (χ0n) is 13.8. The molecule has 0 spiro atoms. The molecule has 0 aromatic heterocycles. The fourth-order valence-corrected chi connectivity index (χ4v) is 3.63. The molecule has 1 aliphatic heterocycles. The number of carboxylic acids is 1. The molecule has 1 saturated heterocycles. The van der Waals surface area contributed by atoms with Crippen LogP contribution in [0.3, 0.4) is 0 Å². The lowest BCUT2D eigenvalue weighted by atomic mass is 9.89. The molecule has 4 nitrogen and oxygen atoms in total. The quantitative estimate of drug-likeness (QED) is 0.887. The molecule has 2 N–H and O–H groups in total. The van der Waals surface area contributed by atoms with Gasteiger partial charge in [-0.05, 0) is 18.1 Å². The number of rotatable bonds is 5. The van der Waals surface area contributed by atoms with Gasteiger partial charge in [0.1, 0.15) is 0 Å². The second-order valence-electron chi connectivity index (χ2n) is 6.80. The maximum Gasteiger partial charge on any atom is 0.308 e. The van der Waals surface area contributed by atoms with Gasteiger partial charge in [0, 0.05) is 25.6 Å². The molecule has 1 unspecified atom stereocenters. The Hall–Kier alpha value is -2.17. The van der Waals surface area contributed by atoms with Gasteiger partial charge in [-0.15, -0.1) is 0 Å². The molecule has 0 bridgehead atoms. The van der Waals surface area contributed by atoms with E-state index in [0.717, 1.165) is 11.1 Å². The van der Waals surface area contributed by atoms with E-state index in [2.05, 4.69) is 4.90 Å². The fraction of sp³-hybridized carbons (Fsp3) is 0.350. The third-order valence-corrected chi connectivity index (χ3v) is 4.87. The highest BCUT2D eigenvalue weighted by Crippen LogP contribution is 2.34. The first kappa shape index (κ1) is 16.7. The molecular weight excluding hydrogens is 302 g/mol. The van der Waals surface area contributed by atoms with Crippen LogP contribution < -0.4 is 0 Å². The molecule has 1 aliphatic rings. The van der Waals surface area contributed by atoms with Crippen molar-refractivity contribution in [3.63, 3.8) is 0 Å². The van der Waals surface area contributed by atoms with E-state index >= 15 is 0 Å². The number of hydrogen-bond donors (Lipinski definition) is 2. The van der Waals surface area contributed by atoms with Crippen molar-refractivity contribution in [3.05, 3.63) is 71.8 Å². The molecule has 2 aromatic rings. The number of likely N-dealkylation sites (tertiary alicyclic amines) is 1. The molecule has 1 heterocycles. The third-order valence-electron chi connectivity index (χ3n) is 4.87. The van der Waals surface area contributed by atoms with Crippen LogP contribution in [-0.4, -0.2) is 40.7 Å². The lowest BCUT2D eigenvalue weighted by Crippen LogP contribution is -2.38. The summed E-state index contributed by atoms with van der Waals surface area (Å²) in [4.78, 5) is 13.7. The first-order valence-corrected chi connectivity index (χ1v) is 8.25. The lowest BCUT2D eigenvalue weighted by Gasteiger charge is -2.29. The molecule has 24 heavy (non-hydrogen) atoms. The highest BCUT2D eigenvalue weighted by atomic mass is 16.4. The van der Waals surface area contributed by atoms with Crippen LogP contribution in [0.15, 0.2) is 60.7 Å². The number of β-amino-alcohol motifs (C(OH)–C–C–N with tert-alkyl or cyclic N) is 1. The number of benzene rings is 2. The second kappa shape index (κ2) is 6.75. The summed E-state index contributed by atoms with van der Waals surface area (Å²) in [7, 11) is 0. The van der Waals surface area contributed by atoms with E-state index < -0.39 is 17.5 Å². The SMILES string of the molecule is CC(O)(CN1C[C@H](C(=O)O)[C@@H](c2ccccc2)C1)c1ccccc1. The van der Waals surface area contributed by atoms with E-state index in [4.69, 9.17) is 0 Å². The van der Waals surface area contributed by atoms with Gasteiger partial charge in [-0.25, -0.2) is 0 Å². The summed E-state index contributed by atoms with van der Waals surface area (Å²) in [5.74, 6) is -1.26. The molecule has 0 saturated carbocycles. The summed E-state index contributed by atoms with van der Waals surface area (Å²) in [5.41, 5.74) is 0.891. The van der Waals surface area contributed by atoms with Gasteiger partial charge in [0.05, 0.1) is 11.5 Å². The first-order chi connectivity index (χ1) is 11.5. The summed E-state index contributed by atoms with van der Waals surface area (Å²) < 4.78 is 0. The van der Waals surface area contributed by atoms with E-state index in [1.54, 1.807) is 6.92 Å². The number of aliphatic carboxylic acids is 1. The minimum absolute atomic E-state index is 0.0460. The van der Waals surface area contributed by atoms with E-state index in [0.29, 0.717) is 19.6 Å². The summed E-state index contributed by atoms with van der Waals surface area (Å²) in [6.45, 7) is 3.31. The lowest BCUT2D eigenvalue weighted by molar-refractivity contribution is -0.141. The minimum atomic E-state index is -1.00. The Kier molecular flexibility index (Phi) is 4.69. The van der Waals surface area contributed by atoms with Crippen LogP contribution in [0.25, 0.3) is 0 Å². The van der Waals surface area contributed by atoms with Crippen molar-refractivity contribution in [2.45, 2.75) is 18.4 Å². The monoisotopic (exact) mass is 325 g/mol. The van der Waals surface area contributed by atoms with Crippen LogP contribution in [0.4, 0.5) is 0 Å². The van der Waals surface area contributed by atoms with Crippen molar-refractivity contribution < 1.29 is 15.0 Å². The fourth-order valence-electron chi connectivity index (χ4n) is 3.63. The van der Waals surface area contributed by atoms with Crippen molar-refractivity contribution in [2.24, 2.45) is 5.92 Å². The number of carbonyl (C=O) groups is 1. The highest BCUT2D eigenvalue weighted by Gasteiger charge is 2.40. The molecule has 3 atom stereocenters. The number of hydrogen-bond acceptors (Lipinski definition) is 3. The first-order valence-electron chi connectivity index (χ1n) is 8.25. The van der Waals surface area contributed by atoms with Gasteiger partial charge >= 0.3 is 5.97 Å². The van der Waals surface area contributed by atoms with Crippen LogP contribution in [0.2, 0.25) is 0 Å². The largest absolute Gasteiger partial charge is 0.481 e. The maximum atomic E-state index is 11.7. The molecule has 0 aliphatic carbocycles. The van der Waals surface area contributed by atoms with E-state index in [9.17, 15) is 15.0 Å². The normalized spacial score (nSPS) is 23.8. The zero-order valence-corrected chi connectivity index (χ0v) is 13.8. The summed E-state index contributed by atoms with van der Waals surface area (Å²) in [6.07, 6.45) is 0. The number of carboxylic acid groups (broad SMARTS) is 1. The van der Waals surface area contributed by atoms with Crippen LogP contribution in [0.5, 0.6) is 0 Å². The van der Waals surface area contributed by atoms with E-state index in [1.165, 1.54) is 0 Å². The minimum Gasteiger partial charge on any atom is -0.481 e. The summed E-state index contributed by atoms with van der Waals surface area (Å²) in [5, 5.41) is 20.4. The molecule has 4 heteroatoms. The Morgan fingerprint density at radius 2 is 1.67 bits per heavy atom. The van der Waals surface area contributed by atoms with Crippen molar-refractivity contribution in [1.82, 2.24) is 4.90 Å². The molecule has 3 rings (SSSR count). The predicted molar refractivity (Wildman–Crippen MR) is 92.8 cm³/mol. The van der Waals surface area contributed by atoms with Gasteiger partial charge in [-0.3, -0.25) is 9.69 Å². The van der Waals surface area contributed by atoms with Gasteiger partial charge in [0.2, 0.25) is 0 Å². The van der Waals surface area contributed by atoms with Crippen molar-refractivity contribution >= 4 is 5.97 Å². The summed E-state index contributed by atoms with van der Waals surface area (Å²) in [6, 6.07) is 19.3. The van der Waals surface area contributed by atoms with Gasteiger partial charge in [0.15, 0.2) is 0 Å². The molecule has 0 amide bonds. The molecule has 1 fully saturated rings. The predicted octanol–water partition coefficient (Wildman–Crippen LogP) is 2.69. The maximum absolute atomic E-state index is 11.7. The second-order valence-corrected chi connectivity index (χ2v) is 6.80. The van der Waals surface area contributed by atoms with Crippen molar-refractivity contribution in [1.29, 1.82) is 0 Å². The van der Waals surface area contributed by atoms with Gasteiger partial charge in [-0.2, -0.15) is 0 Å². The van der Waals surface area contributed by atoms with Crippen molar-refractivity contribution in [3.8, 4) is 0 Å². The van der Waals surface area contributed by atoms with E-state index in [-0.39, 0.29) is 5.92 Å². The Morgan fingerprint density at radius 3 is 2.25 bits per heavy atom. The molecule has 126 valence electrons. The average Bonchev–Trinajstić information content (AvgIpc) is 3.00. The van der Waals surface area contributed by atoms with Crippen molar-refractivity contribution in [2.75, 3.05) is 19.6 Å². The standard InChI is InChI=1S/C20H23NO3/c1-20(24,16-10-6-3-7-11-16)14-21-12-17(18(13-21)19(22)23)15-8-4-2-5-9-15/h2-11,17-18,24H,12-14H2,1H3,(H,22,23)/t17-,18+,20?/m1/s1. The van der Waals surface area contributed by atoms with Gasteiger partial charge < -0.3 is 10.2 Å². The summed E-state index contributed by atoms with van der Waals surface area (Å²) >= 11 is 0. The molecule has 2 aromatic carbocycles. The zero-order chi connectivity index (χ0) is 17.2. The Morgan fingerprint density at radius 1 is 1.08 bits per heavy atom. The molecular formula is C20H23NO3. The smallest absolute Gasteiger partial charge is 0.308 e. The Balaban J connectivity index is 1.77. The van der Waals surface area contributed by atoms with Crippen LogP contribution in [0, 0.1) is 5.92 Å². The average molecular weight is 325 g/mol. The number of aliphatic hydroxyl groups is 1. The third kappa shape index (κ3) is 3.50. The Labute approximate surface area is 142 Å². The topological polar surface area (TPSA) is 60.8 Å². The van der Waals surface area contributed by atoms with Gasteiger partial charge in [-0.1, -0.05) is 60.7 Å². The van der Waals surface area contributed by atoms with Crippen LogP contribution in [-0.2, 0) is 10.4 Å². The van der Waals surface area contributed by atoms with E-state index in [1.807, 2.05) is 60.7 Å².